The summed E-state index contributed by atoms with van der Waals surface area (Å²) < 4.78 is 5.96. The van der Waals surface area contributed by atoms with E-state index in [9.17, 15) is 4.79 Å². The van der Waals surface area contributed by atoms with Crippen LogP contribution in [0.4, 0.5) is 0 Å². The molecule has 4 heteroatoms. The van der Waals surface area contributed by atoms with Gasteiger partial charge in [-0.25, -0.2) is 0 Å². The number of fused-ring (bicyclic) bond motifs is 1. The van der Waals surface area contributed by atoms with Crippen LogP contribution in [0.25, 0.3) is 0 Å². The summed E-state index contributed by atoms with van der Waals surface area (Å²) in [7, 11) is 1.96. The highest BCUT2D eigenvalue weighted by Gasteiger charge is 2.38. The molecule has 0 radical (unpaired) electrons. The number of hydrogen-bond donors (Lipinski definition) is 2. The van der Waals surface area contributed by atoms with Crippen LogP contribution in [0.1, 0.15) is 47.3 Å². The van der Waals surface area contributed by atoms with Crippen molar-refractivity contribution in [3.05, 3.63) is 34.9 Å². The van der Waals surface area contributed by atoms with Crippen LogP contribution in [0.2, 0.25) is 0 Å². The van der Waals surface area contributed by atoms with Crippen molar-refractivity contribution < 1.29 is 9.53 Å². The van der Waals surface area contributed by atoms with Crippen molar-refractivity contribution in [2.75, 3.05) is 20.2 Å². The van der Waals surface area contributed by atoms with E-state index in [0.29, 0.717) is 0 Å². The Morgan fingerprint density at radius 3 is 3.00 bits per heavy atom. The van der Waals surface area contributed by atoms with Crippen LogP contribution >= 0.6 is 0 Å². The van der Waals surface area contributed by atoms with Gasteiger partial charge in [0.25, 0.3) is 5.91 Å². The topological polar surface area (TPSA) is 50.4 Å². The summed E-state index contributed by atoms with van der Waals surface area (Å²) in [6, 6.07) is 6.36. The number of amides is 1. The van der Waals surface area contributed by atoms with Crippen molar-refractivity contribution in [1.82, 2.24) is 10.6 Å². The van der Waals surface area contributed by atoms with E-state index in [4.69, 9.17) is 4.74 Å². The first-order valence-electron chi connectivity index (χ1n) is 7.36. The maximum absolute atomic E-state index is 12.0. The van der Waals surface area contributed by atoms with E-state index in [0.717, 1.165) is 49.1 Å². The molecular weight excluding hydrogens is 252 g/mol. The number of ether oxygens (including phenoxy) is 1. The van der Waals surface area contributed by atoms with E-state index >= 15 is 0 Å². The molecule has 1 aromatic carbocycles. The molecule has 1 aromatic rings. The molecule has 20 heavy (non-hydrogen) atoms. The maximum Gasteiger partial charge on any atom is 0.251 e. The quantitative estimate of drug-likeness (QED) is 0.883. The van der Waals surface area contributed by atoms with E-state index < -0.39 is 0 Å². The van der Waals surface area contributed by atoms with Crippen molar-refractivity contribution in [3.63, 3.8) is 0 Å². The second kappa shape index (κ2) is 5.19. The number of carbonyl (C=O) groups is 1. The van der Waals surface area contributed by atoms with Crippen LogP contribution in [0, 0.1) is 0 Å². The second-order valence-electron chi connectivity index (χ2n) is 5.91. The third-order valence-corrected chi connectivity index (χ3v) is 4.54. The molecule has 108 valence electrons. The summed E-state index contributed by atoms with van der Waals surface area (Å²) in [5.74, 6) is 0.0421. The van der Waals surface area contributed by atoms with Crippen LogP contribution in [0.3, 0.4) is 0 Å². The maximum atomic E-state index is 12.0. The summed E-state index contributed by atoms with van der Waals surface area (Å²) in [4.78, 5) is 12.0. The zero-order valence-corrected chi connectivity index (χ0v) is 12.2. The van der Waals surface area contributed by atoms with Gasteiger partial charge >= 0.3 is 0 Å². The third kappa shape index (κ3) is 2.23. The van der Waals surface area contributed by atoms with Gasteiger partial charge in [0.1, 0.15) is 0 Å². The predicted molar refractivity (Wildman–Crippen MR) is 77.9 cm³/mol. The lowest BCUT2D eigenvalue weighted by Crippen LogP contribution is -2.40. The van der Waals surface area contributed by atoms with Gasteiger partial charge in [-0.2, -0.15) is 0 Å². The fourth-order valence-electron chi connectivity index (χ4n) is 3.46. The van der Waals surface area contributed by atoms with E-state index in [-0.39, 0.29) is 17.6 Å². The number of likely N-dealkylation sites (N-methyl/N-ethyl adjacent to an activating group) is 1. The Morgan fingerprint density at radius 1 is 1.45 bits per heavy atom. The molecule has 2 heterocycles. The summed E-state index contributed by atoms with van der Waals surface area (Å²) >= 11 is 0. The SMILES string of the molecule is CNC(c1ccc2c(c1)C(=O)NCC2)C1(C)CCCO1. The summed E-state index contributed by atoms with van der Waals surface area (Å²) in [5, 5.41) is 6.28. The van der Waals surface area contributed by atoms with Gasteiger partial charge in [-0.3, -0.25) is 4.79 Å². The molecule has 3 rings (SSSR count). The molecule has 1 saturated heterocycles. The number of hydrogen-bond acceptors (Lipinski definition) is 3. The van der Waals surface area contributed by atoms with Crippen molar-refractivity contribution in [3.8, 4) is 0 Å². The fraction of sp³-hybridized carbons (Fsp3) is 0.562. The highest BCUT2D eigenvalue weighted by molar-refractivity contribution is 5.96. The highest BCUT2D eigenvalue weighted by atomic mass is 16.5. The molecule has 2 N–H and O–H groups in total. The standard InChI is InChI=1S/C16H22N2O2/c1-16(7-3-9-20-16)14(17-2)12-5-4-11-6-8-18-15(19)13(11)10-12/h4-5,10,14,17H,3,6-9H2,1-2H3,(H,18,19). The molecule has 0 spiro atoms. The van der Waals surface area contributed by atoms with Crippen LogP contribution in [-0.4, -0.2) is 31.7 Å². The Kier molecular flexibility index (Phi) is 3.52. The molecule has 0 aliphatic carbocycles. The molecule has 1 amide bonds. The van der Waals surface area contributed by atoms with Gasteiger partial charge in [-0.15, -0.1) is 0 Å². The molecule has 0 saturated carbocycles. The van der Waals surface area contributed by atoms with Crippen LogP contribution < -0.4 is 10.6 Å². The molecule has 1 fully saturated rings. The molecule has 2 aliphatic rings. The van der Waals surface area contributed by atoms with Crippen LogP contribution in [0.15, 0.2) is 18.2 Å². The van der Waals surface area contributed by atoms with E-state index in [2.05, 4.69) is 29.7 Å². The van der Waals surface area contributed by atoms with E-state index in [1.54, 1.807) is 0 Å². The minimum Gasteiger partial charge on any atom is -0.373 e. The lowest BCUT2D eigenvalue weighted by atomic mass is 9.85. The number of rotatable bonds is 3. The first-order valence-corrected chi connectivity index (χ1v) is 7.36. The second-order valence-corrected chi connectivity index (χ2v) is 5.91. The van der Waals surface area contributed by atoms with Gasteiger partial charge < -0.3 is 15.4 Å². The fourth-order valence-corrected chi connectivity index (χ4v) is 3.46. The average molecular weight is 274 g/mol. The zero-order valence-electron chi connectivity index (χ0n) is 12.2. The molecule has 2 aliphatic heterocycles. The van der Waals surface area contributed by atoms with Crippen LogP contribution in [-0.2, 0) is 11.2 Å². The largest absolute Gasteiger partial charge is 0.373 e. The van der Waals surface area contributed by atoms with Gasteiger partial charge in [0, 0.05) is 18.7 Å². The third-order valence-electron chi connectivity index (χ3n) is 4.54. The lowest BCUT2D eigenvalue weighted by Gasteiger charge is -2.34. The summed E-state index contributed by atoms with van der Waals surface area (Å²) in [6.07, 6.45) is 3.06. The van der Waals surface area contributed by atoms with Gasteiger partial charge in [0.2, 0.25) is 0 Å². The predicted octanol–water partition coefficient (Wildman–Crippen LogP) is 1.80. The number of nitrogens with one attached hydrogen (secondary N) is 2. The average Bonchev–Trinajstić information content (AvgIpc) is 2.88. The normalized spacial score (nSPS) is 27.0. The molecule has 0 bridgehead atoms. The van der Waals surface area contributed by atoms with E-state index in [1.807, 2.05) is 13.1 Å². The zero-order chi connectivity index (χ0) is 14.2. The Labute approximate surface area is 119 Å². The van der Waals surface area contributed by atoms with Crippen molar-refractivity contribution in [2.24, 2.45) is 0 Å². The molecular formula is C16H22N2O2. The van der Waals surface area contributed by atoms with Gasteiger partial charge in [0.15, 0.2) is 0 Å². The molecule has 0 aromatic heterocycles. The Bertz CT molecular complexity index is 521. The van der Waals surface area contributed by atoms with Crippen LogP contribution in [0.5, 0.6) is 0 Å². The van der Waals surface area contributed by atoms with E-state index in [1.165, 1.54) is 0 Å². The van der Waals surface area contributed by atoms with Crippen molar-refractivity contribution in [2.45, 2.75) is 37.8 Å². The highest BCUT2D eigenvalue weighted by Crippen LogP contribution is 2.37. The smallest absolute Gasteiger partial charge is 0.251 e. The lowest BCUT2D eigenvalue weighted by molar-refractivity contribution is -0.0105. The summed E-state index contributed by atoms with van der Waals surface area (Å²) in [5.41, 5.74) is 2.90. The van der Waals surface area contributed by atoms with Gasteiger partial charge in [-0.1, -0.05) is 12.1 Å². The van der Waals surface area contributed by atoms with Gasteiger partial charge in [0.05, 0.1) is 11.6 Å². The molecule has 4 nitrogen and oxygen atoms in total. The van der Waals surface area contributed by atoms with Crippen molar-refractivity contribution >= 4 is 5.91 Å². The molecule has 2 unspecified atom stereocenters. The number of carbonyl (C=O) groups excluding carboxylic acids is 1. The Hall–Kier alpha value is -1.39. The number of benzene rings is 1. The Balaban J connectivity index is 1.96. The van der Waals surface area contributed by atoms with Gasteiger partial charge in [-0.05, 0) is 50.4 Å². The first kappa shape index (κ1) is 13.6. The molecule has 2 atom stereocenters. The summed E-state index contributed by atoms with van der Waals surface area (Å²) in [6.45, 7) is 3.71. The minimum absolute atomic E-state index is 0.0421. The Morgan fingerprint density at radius 2 is 2.30 bits per heavy atom. The first-order chi connectivity index (χ1) is 9.64. The minimum atomic E-state index is -0.186. The van der Waals surface area contributed by atoms with Crippen molar-refractivity contribution in [1.29, 1.82) is 0 Å². The monoisotopic (exact) mass is 274 g/mol.